The van der Waals surface area contributed by atoms with Crippen LogP contribution in [0.2, 0.25) is 5.15 Å². The average molecular weight is 284 g/mol. The smallest absolute Gasteiger partial charge is 0.348 e. The second-order valence-electron chi connectivity index (χ2n) is 3.39. The molecule has 0 radical (unpaired) electrons. The summed E-state index contributed by atoms with van der Waals surface area (Å²) < 4.78 is 36.9. The Kier molecular flexibility index (Phi) is 4.33. The minimum atomic E-state index is -4.42. The highest BCUT2D eigenvalue weighted by Gasteiger charge is 2.31. The van der Waals surface area contributed by atoms with Crippen LogP contribution in [0, 0.1) is 10.1 Å². The molecule has 0 unspecified atom stereocenters. The molecular weight excluding hydrogens is 275 g/mol. The van der Waals surface area contributed by atoms with Gasteiger partial charge in [0.2, 0.25) is 0 Å². The second kappa shape index (κ2) is 5.38. The predicted octanol–water partition coefficient (Wildman–Crippen LogP) is 3.03. The number of pyridine rings is 1. The first-order chi connectivity index (χ1) is 8.23. The van der Waals surface area contributed by atoms with Crippen LogP contribution in [0.15, 0.2) is 12.1 Å². The molecule has 0 atom stereocenters. The molecule has 0 bridgehead atoms. The van der Waals surface area contributed by atoms with Gasteiger partial charge in [0.05, 0.1) is 17.1 Å². The lowest BCUT2D eigenvalue weighted by atomic mass is 10.3. The summed E-state index contributed by atoms with van der Waals surface area (Å²) in [4.78, 5) is 14.4. The highest BCUT2D eigenvalue weighted by atomic mass is 35.5. The van der Waals surface area contributed by atoms with Crippen molar-refractivity contribution in [3.8, 4) is 0 Å². The standard InChI is InChI=1S/C9H9ClF3N3O2/c1-2-15(5-9(11,12)13)8-4-6(16(17)18)3-7(10)14-8/h3-4H,2,5H2,1H3. The normalized spacial score (nSPS) is 11.4. The number of hydrogen-bond donors (Lipinski definition) is 0. The zero-order chi connectivity index (χ0) is 13.9. The molecular formula is C9H9ClF3N3O2. The average Bonchev–Trinajstić information content (AvgIpc) is 2.23. The van der Waals surface area contributed by atoms with Crippen molar-refractivity contribution in [3.05, 3.63) is 27.4 Å². The predicted molar refractivity (Wildman–Crippen MR) is 59.8 cm³/mol. The number of alkyl halides is 3. The molecule has 0 fully saturated rings. The topological polar surface area (TPSA) is 59.3 Å². The molecule has 5 nitrogen and oxygen atoms in total. The molecule has 1 heterocycles. The molecule has 0 spiro atoms. The van der Waals surface area contributed by atoms with E-state index in [1.165, 1.54) is 6.92 Å². The highest BCUT2D eigenvalue weighted by Crippen LogP contribution is 2.26. The molecule has 0 N–H and O–H groups in total. The van der Waals surface area contributed by atoms with E-state index >= 15 is 0 Å². The van der Waals surface area contributed by atoms with Crippen molar-refractivity contribution in [2.75, 3.05) is 18.0 Å². The third-order valence-electron chi connectivity index (χ3n) is 2.05. The molecule has 100 valence electrons. The van der Waals surface area contributed by atoms with Crippen LogP contribution in [-0.4, -0.2) is 29.2 Å². The molecule has 0 aliphatic carbocycles. The SMILES string of the molecule is CCN(CC(F)(F)F)c1cc([N+](=O)[O-])cc(Cl)n1. The fraction of sp³-hybridized carbons (Fsp3) is 0.444. The number of hydrogen-bond acceptors (Lipinski definition) is 4. The lowest BCUT2D eigenvalue weighted by Gasteiger charge is -2.23. The molecule has 0 aliphatic rings. The van der Waals surface area contributed by atoms with Crippen LogP contribution in [-0.2, 0) is 0 Å². The van der Waals surface area contributed by atoms with Crippen LogP contribution in [0.1, 0.15) is 6.92 Å². The Bertz CT molecular complexity index is 453. The Morgan fingerprint density at radius 1 is 1.50 bits per heavy atom. The van der Waals surface area contributed by atoms with Gasteiger partial charge in [-0.05, 0) is 6.92 Å². The van der Waals surface area contributed by atoms with Crippen molar-refractivity contribution in [2.45, 2.75) is 13.1 Å². The minimum absolute atomic E-state index is 0.00397. The van der Waals surface area contributed by atoms with Crippen LogP contribution in [0.5, 0.6) is 0 Å². The molecule has 9 heteroatoms. The van der Waals surface area contributed by atoms with E-state index in [0.29, 0.717) is 0 Å². The van der Waals surface area contributed by atoms with Crippen molar-refractivity contribution in [2.24, 2.45) is 0 Å². The largest absolute Gasteiger partial charge is 0.405 e. The fourth-order valence-electron chi connectivity index (χ4n) is 1.31. The lowest BCUT2D eigenvalue weighted by Crippen LogP contribution is -2.34. The summed E-state index contributed by atoms with van der Waals surface area (Å²) in [7, 11) is 0. The first-order valence-electron chi connectivity index (χ1n) is 4.86. The first-order valence-corrected chi connectivity index (χ1v) is 5.24. The van der Waals surface area contributed by atoms with E-state index in [9.17, 15) is 23.3 Å². The van der Waals surface area contributed by atoms with Crippen LogP contribution >= 0.6 is 11.6 Å². The van der Waals surface area contributed by atoms with Gasteiger partial charge in [-0.25, -0.2) is 4.98 Å². The van der Waals surface area contributed by atoms with E-state index in [1.54, 1.807) is 0 Å². The van der Waals surface area contributed by atoms with Crippen molar-refractivity contribution >= 4 is 23.1 Å². The van der Waals surface area contributed by atoms with Gasteiger partial charge in [-0.3, -0.25) is 10.1 Å². The zero-order valence-electron chi connectivity index (χ0n) is 9.24. The van der Waals surface area contributed by atoms with Gasteiger partial charge in [0.25, 0.3) is 5.69 Å². The molecule has 0 aliphatic heterocycles. The van der Waals surface area contributed by atoms with Crippen LogP contribution in [0.25, 0.3) is 0 Å². The third-order valence-corrected chi connectivity index (χ3v) is 2.25. The monoisotopic (exact) mass is 283 g/mol. The lowest BCUT2D eigenvalue weighted by molar-refractivity contribution is -0.384. The Morgan fingerprint density at radius 3 is 2.56 bits per heavy atom. The van der Waals surface area contributed by atoms with Gasteiger partial charge >= 0.3 is 6.18 Å². The summed E-state index contributed by atoms with van der Waals surface area (Å²) in [5, 5.41) is 10.4. The summed E-state index contributed by atoms with van der Waals surface area (Å²) in [5.74, 6) is -0.172. The minimum Gasteiger partial charge on any atom is -0.348 e. The van der Waals surface area contributed by atoms with Gasteiger partial charge in [-0.15, -0.1) is 0 Å². The van der Waals surface area contributed by atoms with Gasteiger partial charge in [-0.1, -0.05) is 11.6 Å². The molecule has 0 saturated heterocycles. The second-order valence-corrected chi connectivity index (χ2v) is 3.78. The molecule has 1 aromatic heterocycles. The fourth-order valence-corrected chi connectivity index (χ4v) is 1.51. The van der Waals surface area contributed by atoms with E-state index in [0.717, 1.165) is 17.0 Å². The van der Waals surface area contributed by atoms with E-state index in [1.807, 2.05) is 0 Å². The Labute approximate surface area is 105 Å². The van der Waals surface area contributed by atoms with Crippen LogP contribution in [0.4, 0.5) is 24.7 Å². The Morgan fingerprint density at radius 2 is 2.11 bits per heavy atom. The Hall–Kier alpha value is -1.57. The van der Waals surface area contributed by atoms with E-state index in [-0.39, 0.29) is 17.5 Å². The highest BCUT2D eigenvalue weighted by molar-refractivity contribution is 6.29. The summed E-state index contributed by atoms with van der Waals surface area (Å²) in [6.45, 7) is 0.248. The summed E-state index contributed by atoms with van der Waals surface area (Å²) in [5.41, 5.74) is -0.398. The molecule has 18 heavy (non-hydrogen) atoms. The van der Waals surface area contributed by atoms with Gasteiger partial charge in [0.1, 0.15) is 17.5 Å². The van der Waals surface area contributed by atoms with Crippen molar-refractivity contribution in [3.63, 3.8) is 0 Å². The van der Waals surface area contributed by atoms with Crippen molar-refractivity contribution in [1.82, 2.24) is 4.98 Å². The molecule has 1 rings (SSSR count). The number of anilines is 1. The number of rotatable bonds is 4. The van der Waals surface area contributed by atoms with E-state index in [2.05, 4.69) is 4.98 Å². The zero-order valence-corrected chi connectivity index (χ0v) is 9.99. The molecule has 0 saturated carbocycles. The first kappa shape index (κ1) is 14.5. The van der Waals surface area contributed by atoms with E-state index < -0.39 is 23.3 Å². The third kappa shape index (κ3) is 4.02. The molecule has 0 aromatic carbocycles. The van der Waals surface area contributed by atoms with Crippen molar-refractivity contribution in [1.29, 1.82) is 0 Å². The number of aromatic nitrogens is 1. The van der Waals surface area contributed by atoms with Crippen LogP contribution < -0.4 is 4.90 Å². The van der Waals surface area contributed by atoms with Gasteiger partial charge in [0.15, 0.2) is 0 Å². The summed E-state index contributed by atoms with van der Waals surface area (Å²) in [6, 6.07) is 1.94. The maximum Gasteiger partial charge on any atom is 0.405 e. The van der Waals surface area contributed by atoms with Crippen LogP contribution in [0.3, 0.4) is 0 Å². The maximum absolute atomic E-state index is 12.3. The van der Waals surface area contributed by atoms with Crippen molar-refractivity contribution < 1.29 is 18.1 Å². The number of nitro groups is 1. The quantitative estimate of drug-likeness (QED) is 0.484. The maximum atomic E-state index is 12.3. The van der Waals surface area contributed by atoms with E-state index in [4.69, 9.17) is 11.6 Å². The molecule has 1 aromatic rings. The summed E-state index contributed by atoms with van der Waals surface area (Å²) >= 11 is 5.54. The summed E-state index contributed by atoms with van der Waals surface area (Å²) in [6.07, 6.45) is -4.42. The Balaban J connectivity index is 3.09. The molecule has 0 amide bonds. The van der Waals surface area contributed by atoms with Gasteiger partial charge < -0.3 is 4.90 Å². The van der Waals surface area contributed by atoms with Gasteiger partial charge in [-0.2, -0.15) is 13.2 Å². The van der Waals surface area contributed by atoms with Gasteiger partial charge in [0, 0.05) is 6.54 Å². The number of halogens is 4. The number of nitrogens with zero attached hydrogens (tertiary/aromatic N) is 3.